The molecule has 0 unspecified atom stereocenters. The zero-order chi connectivity index (χ0) is 70.7. The maximum Gasteiger partial charge on any atom is 0.425 e. The number of aryl methyl sites for hydroxylation is 2. The van der Waals surface area contributed by atoms with Gasteiger partial charge in [0.15, 0.2) is 23.1 Å². The van der Waals surface area contributed by atoms with E-state index in [1.807, 2.05) is 6.07 Å². The Morgan fingerprint density at radius 3 is 1.83 bits per heavy atom. The van der Waals surface area contributed by atoms with Crippen molar-refractivity contribution >= 4 is 72.2 Å². The molecular weight excluding hydrogens is 1230 g/mol. The summed E-state index contributed by atoms with van der Waals surface area (Å²) in [6, 6.07) is 14.5. The number of ether oxygens (including phenoxy) is 6. The fourth-order valence-electron chi connectivity index (χ4n) is 8.22. The summed E-state index contributed by atoms with van der Waals surface area (Å²) in [6.07, 6.45) is -4.12. The first-order valence-corrected chi connectivity index (χ1v) is 27.7. The van der Waals surface area contributed by atoms with Crippen LogP contribution in [0.2, 0.25) is 0 Å². The summed E-state index contributed by atoms with van der Waals surface area (Å²) in [5.74, 6) is -3.62. The van der Waals surface area contributed by atoms with Crippen molar-refractivity contribution in [3.63, 3.8) is 0 Å². The molecule has 2 atom stereocenters. The van der Waals surface area contributed by atoms with Gasteiger partial charge >= 0.3 is 24.4 Å². The predicted octanol–water partition coefficient (Wildman–Crippen LogP) is 12.5. The Bertz CT molecular complexity index is 3960. The molecule has 6 amide bonds. The third kappa shape index (κ3) is 18.6. The average Bonchev–Trinajstić information content (AvgIpc) is 1.49. The predicted molar refractivity (Wildman–Crippen MR) is 331 cm³/mol. The highest BCUT2D eigenvalue weighted by atomic mass is 79.9. The number of carbonyl (C=O) groups is 6. The van der Waals surface area contributed by atoms with Gasteiger partial charge in [0.25, 0.3) is 11.8 Å². The summed E-state index contributed by atoms with van der Waals surface area (Å²) in [5.41, 5.74) is -4.12. The molecule has 4 aromatic heterocycles. The number of nitriles is 2. The van der Waals surface area contributed by atoms with Crippen LogP contribution < -0.4 is 24.6 Å². The van der Waals surface area contributed by atoms with Crippen LogP contribution in [-0.2, 0) is 46.0 Å². The molecule has 24 nitrogen and oxygen atoms in total. The lowest BCUT2D eigenvalue weighted by Gasteiger charge is -2.29. The fraction of sp³-hybridized carbons (Fsp3) is 0.419. The molecule has 5 heterocycles. The minimum atomic E-state index is -2.87. The van der Waals surface area contributed by atoms with Crippen LogP contribution in [0, 0.1) is 34.3 Å². The van der Waals surface area contributed by atoms with Gasteiger partial charge in [-0.05, 0) is 167 Å². The molecule has 7 rings (SSSR count). The molecule has 28 heteroatoms. The Hall–Kier alpha value is -9.44. The maximum atomic E-state index is 14.6. The zero-order valence-corrected chi connectivity index (χ0v) is 53.0. The lowest BCUT2D eigenvalue weighted by Crippen LogP contribution is -2.44. The molecule has 1 N–H and O–H groups in total. The number of nitrogens with zero attached hydrogens (tertiary/aromatic N) is 11. The van der Waals surface area contributed by atoms with Crippen LogP contribution in [0.1, 0.15) is 179 Å². The number of pyridine rings is 2. The monoisotopic (exact) mass is 1310 g/mol. The lowest BCUT2D eigenvalue weighted by atomic mass is 10.00. The van der Waals surface area contributed by atoms with Crippen LogP contribution in [-0.4, -0.2) is 108 Å². The number of hydrogen-bond acceptors (Lipinski definition) is 18. The van der Waals surface area contributed by atoms with E-state index in [9.17, 15) is 48.1 Å². The highest BCUT2D eigenvalue weighted by Crippen LogP contribution is 2.40. The number of imide groups is 2. The highest BCUT2D eigenvalue weighted by Gasteiger charge is 2.39. The van der Waals surface area contributed by atoms with Crippen molar-refractivity contribution in [3.8, 4) is 34.8 Å². The van der Waals surface area contributed by atoms with Gasteiger partial charge in [-0.15, -0.1) is 0 Å². The largest absolute Gasteiger partial charge is 0.482 e. The number of rotatable bonds is 8. The Morgan fingerprint density at radius 1 is 0.778 bits per heavy atom. The number of aromatic nitrogens is 6. The van der Waals surface area contributed by atoms with Crippen LogP contribution in [0.3, 0.4) is 0 Å². The second kappa shape index (κ2) is 28.8. The number of amides is 6. The highest BCUT2D eigenvalue weighted by molar-refractivity contribution is 9.10. The number of nitrogens with one attached hydrogen (secondary N) is 1. The quantitative estimate of drug-likeness (QED) is 0.109. The second-order valence-corrected chi connectivity index (χ2v) is 24.6. The summed E-state index contributed by atoms with van der Waals surface area (Å²) in [7, 11) is 1.45. The Morgan fingerprint density at radius 2 is 1.31 bits per heavy atom. The Kier molecular flexibility index (Phi) is 20.4. The molecule has 3 radical (unpaired) electrons. The number of carbonyl (C=O) groups excluding carboxylic acids is 6. The fourth-order valence-corrected chi connectivity index (χ4v) is 8.53. The van der Waals surface area contributed by atoms with Crippen LogP contribution in [0.25, 0.3) is 11.1 Å². The Labute approximate surface area is 540 Å². The lowest BCUT2D eigenvalue weighted by molar-refractivity contribution is 0.0404. The van der Waals surface area contributed by atoms with E-state index in [1.54, 1.807) is 89.2 Å². The van der Waals surface area contributed by atoms with Crippen molar-refractivity contribution in [2.75, 3.05) is 16.8 Å². The molecule has 0 fully saturated rings. The number of benzene rings is 2. The number of anilines is 2. The topological polar surface area (TPSA) is 289 Å². The molecule has 477 valence electrons. The van der Waals surface area contributed by atoms with Crippen molar-refractivity contribution < 1.29 is 74.2 Å². The number of hydrogen-bond donors (Lipinski definition) is 1. The SMILES string of the molecule is C.[2H]C([2H])([2H])n1nc(CNC(=O)c2ccc(F)cc2[C@@H](C)Oc2cc(Br)cnc2N(C(=O)OC(C)(C)C)C(=O)OC(C)(C)C)cc1C#N.[2H]C([2H])([2H])n1nc2c(c1C#N)-c1cnc(N(C(=O)OC(C)(C)C)C(=O)OC(C)(C)C)c(c1)O[C@H](C)c1cc(F)ccc1C(=O)N(C)C2.[B]. The number of halogens is 3. The molecule has 90 heavy (non-hydrogen) atoms. The van der Waals surface area contributed by atoms with Crippen LogP contribution >= 0.6 is 15.9 Å². The minimum absolute atomic E-state index is 0. The van der Waals surface area contributed by atoms with E-state index in [2.05, 4.69) is 41.4 Å². The van der Waals surface area contributed by atoms with E-state index in [1.165, 1.54) is 68.5 Å². The number of fused-ring (bicyclic) bond motifs is 5. The van der Waals surface area contributed by atoms with Gasteiger partial charge < -0.3 is 38.6 Å². The second-order valence-electron chi connectivity index (χ2n) is 23.7. The molecule has 2 aromatic carbocycles. The van der Waals surface area contributed by atoms with E-state index < -0.39 is 96.4 Å². The zero-order valence-electron chi connectivity index (χ0n) is 57.4. The smallest absolute Gasteiger partial charge is 0.425 e. The molecule has 0 saturated carbocycles. The summed E-state index contributed by atoms with van der Waals surface area (Å²) in [5, 5.41) is 30.0. The van der Waals surface area contributed by atoms with Crippen molar-refractivity contribution in [3.05, 3.63) is 128 Å². The first-order chi connectivity index (χ1) is 43.2. The van der Waals surface area contributed by atoms with Gasteiger partial charge in [0.2, 0.25) is 0 Å². The molecule has 0 aliphatic carbocycles. The summed E-state index contributed by atoms with van der Waals surface area (Å²) < 4.78 is 111. The molecule has 2 bridgehead atoms. The molecule has 0 saturated heterocycles. The van der Waals surface area contributed by atoms with Gasteiger partial charge in [-0.2, -0.15) is 30.5 Å². The molecule has 6 aromatic rings. The van der Waals surface area contributed by atoms with Gasteiger partial charge in [-0.1, -0.05) is 7.43 Å². The summed E-state index contributed by atoms with van der Waals surface area (Å²) >= 11 is 3.30. The maximum absolute atomic E-state index is 14.6. The van der Waals surface area contributed by atoms with Crippen molar-refractivity contribution in [2.24, 2.45) is 14.0 Å². The van der Waals surface area contributed by atoms with Crippen molar-refractivity contribution in [1.82, 2.24) is 39.7 Å². The normalized spacial score (nSPS) is 14.6. The van der Waals surface area contributed by atoms with Crippen LogP contribution in [0.4, 0.5) is 39.6 Å². The van der Waals surface area contributed by atoms with E-state index in [0.29, 0.717) is 23.6 Å². The van der Waals surface area contributed by atoms with E-state index >= 15 is 0 Å². The molecular formula is C62H73BBrF2N12O12. The first-order valence-electron chi connectivity index (χ1n) is 29.9. The Balaban J connectivity index is 0.000000400. The third-order valence-corrected chi connectivity index (χ3v) is 12.2. The van der Waals surface area contributed by atoms with E-state index in [0.717, 1.165) is 24.3 Å². The standard InChI is InChI=1S/C31H35FN6O6.C30H34BrFN6O6.CH4.B/c1-17-21-13-19(32)10-11-20(21)27(39)36(8)16-22-25(23(14-33)37(9)35-22)18-12-24(42-17)26(34-15-18)38(28(40)43-30(2,3)4)29(41)44-31(5,6)7;1-17(23-12-19(32)9-10-22(23)26(39)35-16-20-13-21(14-33)37(8)36-20)42-24-11-18(31)15-34-25(24)38(27(40)43-29(2,3)4)28(41)44-30(5,6)7;;/h10-13,15,17H,16H2,1-9H3;9-13,15,17H,16H2,1-8H3,(H,35,39);1H4;/t2*17-;;/m11../s1/i9D3;8D3;;. The van der Waals surface area contributed by atoms with E-state index in [4.69, 9.17) is 36.6 Å². The van der Waals surface area contributed by atoms with Gasteiger partial charge in [-0.25, -0.2) is 37.9 Å². The van der Waals surface area contributed by atoms with Gasteiger partial charge in [-0.3, -0.25) is 19.0 Å². The van der Waals surface area contributed by atoms with Crippen LogP contribution in [0.15, 0.2) is 71.5 Å². The first kappa shape index (κ1) is 63.6. The van der Waals surface area contributed by atoms with Gasteiger partial charge in [0.05, 0.1) is 24.5 Å². The van der Waals surface area contributed by atoms with Crippen molar-refractivity contribution in [1.29, 1.82) is 10.5 Å². The van der Waals surface area contributed by atoms with E-state index in [-0.39, 0.29) is 108 Å². The minimum Gasteiger partial charge on any atom is -0.482 e. The van der Waals surface area contributed by atoms with Crippen LogP contribution in [0.5, 0.6) is 11.5 Å². The summed E-state index contributed by atoms with van der Waals surface area (Å²) in [4.78, 5) is 91.6. The summed E-state index contributed by atoms with van der Waals surface area (Å²) in [6.45, 7) is 16.2. The molecule has 0 spiro atoms. The molecule has 1 aliphatic rings. The van der Waals surface area contributed by atoms with Crippen molar-refractivity contribution in [2.45, 2.75) is 152 Å². The molecule has 1 aliphatic heterocycles. The van der Waals surface area contributed by atoms with Gasteiger partial charge in [0.1, 0.15) is 69.8 Å². The average molecular weight is 1310 g/mol. The van der Waals surface area contributed by atoms with Gasteiger partial charge in [0, 0.05) is 87.9 Å². The third-order valence-electron chi connectivity index (χ3n) is 11.7.